The molecule has 0 radical (unpaired) electrons. The Morgan fingerprint density at radius 1 is 1.57 bits per heavy atom. The molecule has 1 heterocycles. The first-order valence-electron chi connectivity index (χ1n) is 5.02. The fourth-order valence-electron chi connectivity index (χ4n) is 1.53. The SMILES string of the molecule is Cc1c(CCN)nc(C2CC2)[nH]c1=O. The standard InChI is InChI=1S/C10H15N3O/c1-6-8(4-5-11)12-9(7-2-3-7)13-10(6)14/h7H,2-5,11H2,1H3,(H,12,13,14). The average molecular weight is 193 g/mol. The number of rotatable bonds is 3. The molecule has 1 aliphatic carbocycles. The summed E-state index contributed by atoms with van der Waals surface area (Å²) in [6, 6.07) is 0. The third kappa shape index (κ3) is 1.70. The van der Waals surface area contributed by atoms with E-state index >= 15 is 0 Å². The first-order valence-corrected chi connectivity index (χ1v) is 5.02. The molecule has 76 valence electrons. The highest BCUT2D eigenvalue weighted by molar-refractivity contribution is 5.19. The normalized spacial score (nSPS) is 15.9. The number of hydrogen-bond acceptors (Lipinski definition) is 3. The van der Waals surface area contributed by atoms with Crippen LogP contribution in [-0.4, -0.2) is 16.5 Å². The van der Waals surface area contributed by atoms with Crippen LogP contribution in [0.3, 0.4) is 0 Å². The summed E-state index contributed by atoms with van der Waals surface area (Å²) in [7, 11) is 0. The molecule has 4 nitrogen and oxygen atoms in total. The van der Waals surface area contributed by atoms with Gasteiger partial charge in [0.1, 0.15) is 5.82 Å². The van der Waals surface area contributed by atoms with Crippen LogP contribution in [0.2, 0.25) is 0 Å². The minimum atomic E-state index is -0.00894. The number of aromatic nitrogens is 2. The van der Waals surface area contributed by atoms with Crippen molar-refractivity contribution in [3.8, 4) is 0 Å². The van der Waals surface area contributed by atoms with Gasteiger partial charge in [-0.05, 0) is 26.3 Å². The molecule has 0 bridgehead atoms. The van der Waals surface area contributed by atoms with Crippen molar-refractivity contribution in [1.82, 2.24) is 9.97 Å². The predicted octanol–water partition coefficient (Wildman–Crippen LogP) is 0.457. The molecule has 1 fully saturated rings. The lowest BCUT2D eigenvalue weighted by Crippen LogP contribution is -2.19. The van der Waals surface area contributed by atoms with Gasteiger partial charge in [0.15, 0.2) is 0 Å². The first kappa shape index (κ1) is 9.40. The van der Waals surface area contributed by atoms with Gasteiger partial charge in [0.25, 0.3) is 5.56 Å². The van der Waals surface area contributed by atoms with Gasteiger partial charge in [0.2, 0.25) is 0 Å². The van der Waals surface area contributed by atoms with E-state index < -0.39 is 0 Å². The van der Waals surface area contributed by atoms with E-state index in [1.807, 2.05) is 0 Å². The van der Waals surface area contributed by atoms with Crippen molar-refractivity contribution in [2.75, 3.05) is 6.54 Å². The third-order valence-corrected chi connectivity index (χ3v) is 2.62. The molecule has 1 aromatic rings. The zero-order valence-corrected chi connectivity index (χ0v) is 8.34. The van der Waals surface area contributed by atoms with E-state index in [2.05, 4.69) is 9.97 Å². The minimum absolute atomic E-state index is 0.00894. The molecule has 1 saturated carbocycles. The summed E-state index contributed by atoms with van der Waals surface area (Å²) >= 11 is 0. The Balaban J connectivity index is 2.41. The topological polar surface area (TPSA) is 71.8 Å². The van der Waals surface area contributed by atoms with Crippen molar-refractivity contribution in [2.45, 2.75) is 32.1 Å². The second kappa shape index (κ2) is 3.53. The highest BCUT2D eigenvalue weighted by Crippen LogP contribution is 2.37. The molecule has 1 aliphatic rings. The third-order valence-electron chi connectivity index (χ3n) is 2.62. The van der Waals surface area contributed by atoms with Gasteiger partial charge in [-0.1, -0.05) is 0 Å². The highest BCUT2D eigenvalue weighted by Gasteiger charge is 2.26. The molecule has 4 heteroatoms. The molecular formula is C10H15N3O. The summed E-state index contributed by atoms with van der Waals surface area (Å²) < 4.78 is 0. The molecule has 0 spiro atoms. The van der Waals surface area contributed by atoms with Crippen molar-refractivity contribution in [3.05, 3.63) is 27.4 Å². The second-order valence-corrected chi connectivity index (χ2v) is 3.84. The van der Waals surface area contributed by atoms with Gasteiger partial charge in [-0.2, -0.15) is 0 Å². The Kier molecular flexibility index (Phi) is 2.37. The van der Waals surface area contributed by atoms with E-state index in [9.17, 15) is 4.79 Å². The van der Waals surface area contributed by atoms with Crippen LogP contribution in [-0.2, 0) is 6.42 Å². The van der Waals surface area contributed by atoms with E-state index in [4.69, 9.17) is 5.73 Å². The van der Waals surface area contributed by atoms with Gasteiger partial charge in [0.05, 0.1) is 5.69 Å². The van der Waals surface area contributed by atoms with Crippen LogP contribution in [0.4, 0.5) is 0 Å². The number of H-pyrrole nitrogens is 1. The summed E-state index contributed by atoms with van der Waals surface area (Å²) in [5.74, 6) is 1.34. The van der Waals surface area contributed by atoms with E-state index in [0.717, 1.165) is 24.4 Å². The van der Waals surface area contributed by atoms with E-state index in [-0.39, 0.29) is 5.56 Å². The maximum Gasteiger partial charge on any atom is 0.254 e. The molecule has 0 aliphatic heterocycles. The van der Waals surface area contributed by atoms with Crippen LogP contribution < -0.4 is 11.3 Å². The Bertz CT molecular complexity index is 393. The van der Waals surface area contributed by atoms with Crippen LogP contribution in [0.1, 0.15) is 35.8 Å². The van der Waals surface area contributed by atoms with Crippen LogP contribution >= 0.6 is 0 Å². The van der Waals surface area contributed by atoms with Crippen molar-refractivity contribution in [1.29, 1.82) is 0 Å². The van der Waals surface area contributed by atoms with Crippen molar-refractivity contribution in [3.63, 3.8) is 0 Å². The zero-order valence-electron chi connectivity index (χ0n) is 8.34. The summed E-state index contributed by atoms with van der Waals surface area (Å²) in [4.78, 5) is 18.8. The number of nitrogens with one attached hydrogen (secondary N) is 1. The molecule has 14 heavy (non-hydrogen) atoms. The molecule has 0 amide bonds. The predicted molar refractivity (Wildman–Crippen MR) is 54.3 cm³/mol. The van der Waals surface area contributed by atoms with Crippen molar-refractivity contribution < 1.29 is 0 Å². The maximum atomic E-state index is 11.5. The molecule has 0 unspecified atom stereocenters. The Labute approximate surface area is 82.6 Å². The van der Waals surface area contributed by atoms with E-state index in [0.29, 0.717) is 24.4 Å². The lowest BCUT2D eigenvalue weighted by atomic mass is 10.2. The molecular weight excluding hydrogens is 178 g/mol. The summed E-state index contributed by atoms with van der Waals surface area (Å²) in [5, 5.41) is 0. The minimum Gasteiger partial charge on any atom is -0.330 e. The van der Waals surface area contributed by atoms with Crippen LogP contribution in [0.15, 0.2) is 4.79 Å². The number of hydrogen-bond donors (Lipinski definition) is 2. The molecule has 0 atom stereocenters. The Morgan fingerprint density at radius 3 is 2.86 bits per heavy atom. The summed E-state index contributed by atoms with van der Waals surface area (Å²) in [6.07, 6.45) is 2.98. The monoisotopic (exact) mass is 193 g/mol. The quantitative estimate of drug-likeness (QED) is 0.732. The smallest absolute Gasteiger partial charge is 0.254 e. The Hall–Kier alpha value is -1.16. The molecule has 3 N–H and O–H groups in total. The molecule has 0 saturated heterocycles. The molecule has 2 rings (SSSR count). The fraction of sp³-hybridized carbons (Fsp3) is 0.600. The van der Waals surface area contributed by atoms with Crippen molar-refractivity contribution in [2.24, 2.45) is 5.73 Å². The molecule has 0 aromatic carbocycles. The fourth-order valence-corrected chi connectivity index (χ4v) is 1.53. The van der Waals surface area contributed by atoms with Gasteiger partial charge < -0.3 is 10.7 Å². The summed E-state index contributed by atoms with van der Waals surface area (Å²) in [5.41, 5.74) is 7.03. The highest BCUT2D eigenvalue weighted by atomic mass is 16.1. The number of aromatic amines is 1. The lowest BCUT2D eigenvalue weighted by Gasteiger charge is -2.05. The lowest BCUT2D eigenvalue weighted by molar-refractivity contribution is 0.821. The zero-order chi connectivity index (χ0) is 10.1. The van der Waals surface area contributed by atoms with Gasteiger partial charge >= 0.3 is 0 Å². The van der Waals surface area contributed by atoms with Gasteiger partial charge in [-0.25, -0.2) is 4.98 Å². The van der Waals surface area contributed by atoms with E-state index in [1.165, 1.54) is 0 Å². The second-order valence-electron chi connectivity index (χ2n) is 3.84. The average Bonchev–Trinajstić information content (AvgIpc) is 2.96. The largest absolute Gasteiger partial charge is 0.330 e. The van der Waals surface area contributed by atoms with Gasteiger partial charge in [0, 0.05) is 17.9 Å². The van der Waals surface area contributed by atoms with Crippen LogP contribution in [0.25, 0.3) is 0 Å². The first-order chi connectivity index (χ1) is 6.72. The van der Waals surface area contributed by atoms with Crippen molar-refractivity contribution >= 4 is 0 Å². The molecule has 1 aromatic heterocycles. The van der Waals surface area contributed by atoms with Crippen LogP contribution in [0.5, 0.6) is 0 Å². The Morgan fingerprint density at radius 2 is 2.29 bits per heavy atom. The van der Waals surface area contributed by atoms with Gasteiger partial charge in [-0.3, -0.25) is 4.79 Å². The maximum absolute atomic E-state index is 11.5. The number of nitrogens with two attached hydrogens (primary N) is 1. The van der Waals surface area contributed by atoms with Crippen LogP contribution in [0, 0.1) is 6.92 Å². The number of nitrogens with zero attached hydrogens (tertiary/aromatic N) is 1. The van der Waals surface area contributed by atoms with E-state index in [1.54, 1.807) is 6.92 Å². The summed E-state index contributed by atoms with van der Waals surface area (Å²) in [6.45, 7) is 2.34. The van der Waals surface area contributed by atoms with Gasteiger partial charge in [-0.15, -0.1) is 0 Å².